The van der Waals surface area contributed by atoms with Crippen LogP contribution in [0.3, 0.4) is 0 Å². The van der Waals surface area contributed by atoms with Crippen molar-refractivity contribution in [2.24, 2.45) is 0 Å². The number of thiophene rings is 1. The first-order valence-corrected chi connectivity index (χ1v) is 10.7. The monoisotopic (exact) mass is 411 g/mol. The fourth-order valence-corrected chi connectivity index (χ4v) is 4.10. The van der Waals surface area contributed by atoms with Gasteiger partial charge >= 0.3 is 0 Å². The van der Waals surface area contributed by atoms with Crippen LogP contribution in [-0.4, -0.2) is 34.2 Å². The number of aromatic nitrogens is 2. The smallest absolute Gasteiger partial charge is 0.261 e. The van der Waals surface area contributed by atoms with E-state index in [4.69, 9.17) is 9.15 Å². The van der Waals surface area contributed by atoms with Crippen molar-refractivity contribution < 1.29 is 13.9 Å². The van der Waals surface area contributed by atoms with Gasteiger partial charge in [-0.25, -0.2) is 0 Å². The van der Waals surface area contributed by atoms with E-state index in [1.165, 1.54) is 5.56 Å². The lowest BCUT2D eigenvalue weighted by Gasteiger charge is -2.22. The van der Waals surface area contributed by atoms with Crippen LogP contribution in [0.4, 0.5) is 0 Å². The fraction of sp³-hybridized carbons (Fsp3) is 0.409. The van der Waals surface area contributed by atoms with Crippen molar-refractivity contribution in [2.75, 3.05) is 13.2 Å². The average molecular weight is 412 g/mol. The highest BCUT2D eigenvalue weighted by atomic mass is 32.1. The van der Waals surface area contributed by atoms with E-state index in [0.717, 1.165) is 18.4 Å². The zero-order valence-corrected chi connectivity index (χ0v) is 17.7. The van der Waals surface area contributed by atoms with Crippen LogP contribution >= 0.6 is 11.3 Å². The molecule has 4 rings (SSSR count). The average Bonchev–Trinajstić information content (AvgIpc) is 3.46. The number of nitrogens with zero attached hydrogens (tertiary/aromatic N) is 3. The predicted octanol–water partition coefficient (Wildman–Crippen LogP) is 4.84. The molecule has 1 fully saturated rings. The quantitative estimate of drug-likeness (QED) is 0.601. The first-order valence-electron chi connectivity index (χ1n) is 9.80. The molecule has 1 saturated heterocycles. The largest absolute Gasteiger partial charge is 0.484 e. The number of likely N-dealkylation sites (tertiary alicyclic amines) is 1. The van der Waals surface area contributed by atoms with E-state index in [-0.39, 0.29) is 24.0 Å². The second-order valence-electron chi connectivity index (χ2n) is 8.27. The molecule has 6 nitrogen and oxygen atoms in total. The summed E-state index contributed by atoms with van der Waals surface area (Å²) in [6.45, 7) is 7.17. The van der Waals surface area contributed by atoms with Gasteiger partial charge in [-0.15, -0.1) is 10.2 Å². The highest BCUT2D eigenvalue weighted by Crippen LogP contribution is 2.33. The van der Waals surface area contributed by atoms with Crippen molar-refractivity contribution in [3.63, 3.8) is 0 Å². The van der Waals surface area contributed by atoms with E-state index in [0.29, 0.717) is 24.1 Å². The normalized spacial score (nSPS) is 16.9. The molecule has 7 heteroatoms. The second kappa shape index (κ2) is 7.99. The Morgan fingerprint density at radius 1 is 1.24 bits per heavy atom. The number of amides is 1. The molecule has 0 radical (unpaired) electrons. The number of rotatable bonds is 5. The molecule has 1 amide bonds. The Morgan fingerprint density at radius 3 is 2.72 bits per heavy atom. The first-order chi connectivity index (χ1) is 13.9. The van der Waals surface area contributed by atoms with Gasteiger partial charge in [0.15, 0.2) is 6.61 Å². The van der Waals surface area contributed by atoms with Gasteiger partial charge in [0.05, 0.1) is 0 Å². The van der Waals surface area contributed by atoms with Crippen molar-refractivity contribution >= 4 is 17.2 Å². The van der Waals surface area contributed by atoms with Crippen molar-refractivity contribution in [1.82, 2.24) is 15.1 Å². The van der Waals surface area contributed by atoms with E-state index >= 15 is 0 Å². The van der Waals surface area contributed by atoms with Gasteiger partial charge < -0.3 is 14.1 Å². The molecular weight excluding hydrogens is 386 g/mol. The Balaban J connectivity index is 1.39. The number of carbonyl (C=O) groups excluding carboxylic acids is 1. The van der Waals surface area contributed by atoms with Crippen molar-refractivity contribution in [3.05, 3.63) is 52.5 Å². The highest BCUT2D eigenvalue weighted by Gasteiger charge is 2.34. The molecule has 1 aliphatic heterocycles. The van der Waals surface area contributed by atoms with Crippen LogP contribution in [0.25, 0.3) is 11.5 Å². The Kier molecular flexibility index (Phi) is 5.41. The van der Waals surface area contributed by atoms with Crippen LogP contribution in [-0.2, 0) is 10.2 Å². The van der Waals surface area contributed by atoms with Crippen LogP contribution in [0, 0.1) is 0 Å². The topological polar surface area (TPSA) is 68.5 Å². The summed E-state index contributed by atoms with van der Waals surface area (Å²) in [5, 5.41) is 12.3. The molecule has 0 bridgehead atoms. The summed E-state index contributed by atoms with van der Waals surface area (Å²) in [6.07, 6.45) is 1.73. The standard InChI is InChI=1S/C22H25N3O3S/c1-22(2,3)16-6-8-17(9-7-16)27-13-19(26)25-11-4-5-18(25)21-24-23-20(28-21)15-10-12-29-14-15/h6-10,12,14,18H,4-5,11,13H2,1-3H3/t18-/m1/s1. The number of ether oxygens (including phenoxy) is 1. The SMILES string of the molecule is CC(C)(C)c1ccc(OCC(=O)N2CCC[C@@H]2c2nnc(-c3ccsc3)o2)cc1. The molecule has 152 valence electrons. The molecule has 1 atom stereocenters. The number of hydrogen-bond donors (Lipinski definition) is 0. The highest BCUT2D eigenvalue weighted by molar-refractivity contribution is 7.08. The molecular formula is C22H25N3O3S. The molecule has 1 aliphatic rings. The predicted molar refractivity (Wildman–Crippen MR) is 112 cm³/mol. The lowest BCUT2D eigenvalue weighted by Crippen LogP contribution is -2.34. The maximum absolute atomic E-state index is 12.8. The van der Waals surface area contributed by atoms with E-state index in [9.17, 15) is 4.79 Å². The Morgan fingerprint density at radius 2 is 2.03 bits per heavy atom. The first kappa shape index (κ1) is 19.6. The summed E-state index contributed by atoms with van der Waals surface area (Å²) in [5.41, 5.74) is 2.23. The van der Waals surface area contributed by atoms with Gasteiger partial charge in [0.25, 0.3) is 5.91 Å². The fourth-order valence-electron chi connectivity index (χ4n) is 3.47. The van der Waals surface area contributed by atoms with E-state index < -0.39 is 0 Å². The molecule has 3 heterocycles. The summed E-state index contributed by atoms with van der Waals surface area (Å²) < 4.78 is 11.6. The van der Waals surface area contributed by atoms with Crippen molar-refractivity contribution in [3.8, 4) is 17.2 Å². The van der Waals surface area contributed by atoms with Crippen LogP contribution in [0.15, 0.2) is 45.5 Å². The molecule has 0 saturated carbocycles. The summed E-state index contributed by atoms with van der Waals surface area (Å²) >= 11 is 1.58. The second-order valence-corrected chi connectivity index (χ2v) is 9.05. The molecule has 0 unspecified atom stereocenters. The van der Waals surface area contributed by atoms with Crippen molar-refractivity contribution in [1.29, 1.82) is 0 Å². The molecule has 29 heavy (non-hydrogen) atoms. The number of hydrogen-bond acceptors (Lipinski definition) is 6. The summed E-state index contributed by atoms with van der Waals surface area (Å²) in [7, 11) is 0. The van der Waals surface area contributed by atoms with Gasteiger partial charge in [-0.05, 0) is 47.4 Å². The Labute approximate surface area is 174 Å². The van der Waals surface area contributed by atoms with Crippen LogP contribution in [0.5, 0.6) is 5.75 Å². The van der Waals surface area contributed by atoms with Crippen LogP contribution < -0.4 is 4.74 Å². The van der Waals surface area contributed by atoms with Crippen LogP contribution in [0.2, 0.25) is 0 Å². The molecule has 0 spiro atoms. The third-order valence-corrected chi connectivity index (χ3v) is 5.83. The zero-order chi connectivity index (χ0) is 20.4. The molecule has 1 aromatic carbocycles. The zero-order valence-electron chi connectivity index (χ0n) is 16.9. The summed E-state index contributed by atoms with van der Waals surface area (Å²) in [4.78, 5) is 14.6. The number of carbonyl (C=O) groups is 1. The van der Waals surface area contributed by atoms with Gasteiger partial charge in [-0.3, -0.25) is 4.79 Å². The molecule has 2 aromatic heterocycles. The minimum Gasteiger partial charge on any atom is -0.484 e. The Bertz CT molecular complexity index is 958. The molecule has 0 aliphatic carbocycles. The van der Waals surface area contributed by atoms with Gasteiger partial charge in [0, 0.05) is 17.5 Å². The van der Waals surface area contributed by atoms with Gasteiger partial charge in [-0.2, -0.15) is 11.3 Å². The summed E-state index contributed by atoms with van der Waals surface area (Å²) in [6, 6.07) is 9.68. The molecule has 0 N–H and O–H groups in total. The Hall–Kier alpha value is -2.67. The summed E-state index contributed by atoms with van der Waals surface area (Å²) in [5.74, 6) is 1.62. The third kappa shape index (κ3) is 4.34. The van der Waals surface area contributed by atoms with Gasteiger partial charge in [-0.1, -0.05) is 32.9 Å². The molecule has 3 aromatic rings. The van der Waals surface area contributed by atoms with E-state index in [1.807, 2.05) is 41.1 Å². The maximum atomic E-state index is 12.8. The van der Waals surface area contributed by atoms with Gasteiger partial charge in [0.1, 0.15) is 11.8 Å². The third-order valence-electron chi connectivity index (χ3n) is 5.15. The number of benzene rings is 1. The van der Waals surface area contributed by atoms with Crippen LogP contribution in [0.1, 0.15) is 51.1 Å². The minimum atomic E-state index is -0.186. The van der Waals surface area contributed by atoms with E-state index in [2.05, 4.69) is 31.0 Å². The van der Waals surface area contributed by atoms with Crippen molar-refractivity contribution in [2.45, 2.75) is 45.1 Å². The minimum absolute atomic E-state index is 0.00309. The lowest BCUT2D eigenvalue weighted by atomic mass is 9.87. The lowest BCUT2D eigenvalue weighted by molar-refractivity contribution is -0.134. The maximum Gasteiger partial charge on any atom is 0.261 e. The van der Waals surface area contributed by atoms with E-state index in [1.54, 1.807) is 16.2 Å². The van der Waals surface area contributed by atoms with Gasteiger partial charge in [0.2, 0.25) is 11.8 Å².